The third kappa shape index (κ3) is 3.63. The summed E-state index contributed by atoms with van der Waals surface area (Å²) in [6, 6.07) is 5.23. The predicted octanol–water partition coefficient (Wildman–Crippen LogP) is 0.531. The first-order valence-corrected chi connectivity index (χ1v) is 8.28. The van der Waals surface area contributed by atoms with Gasteiger partial charge in [0.2, 0.25) is 20.0 Å². The summed E-state index contributed by atoms with van der Waals surface area (Å²) >= 11 is 0. The van der Waals surface area contributed by atoms with Crippen LogP contribution in [0, 0.1) is 0 Å². The maximum atomic E-state index is 12.3. The number of nitrogens with zero attached hydrogens (tertiary/aromatic N) is 1. The highest BCUT2D eigenvalue weighted by Gasteiger charge is 2.27. The second kappa shape index (κ2) is 5.41. The van der Waals surface area contributed by atoms with Gasteiger partial charge in [0.05, 0.1) is 0 Å². The number of nitrogens with two attached hydrogens (primary N) is 1. The highest BCUT2D eigenvalue weighted by molar-refractivity contribution is 7.92. The van der Waals surface area contributed by atoms with Crippen LogP contribution in [0.5, 0.6) is 0 Å². The Balaban J connectivity index is 3.42. The molecule has 0 aliphatic heterocycles. The average molecular weight is 304 g/mol. The van der Waals surface area contributed by atoms with E-state index in [1.54, 1.807) is 6.92 Å². The van der Waals surface area contributed by atoms with E-state index in [2.05, 4.69) is 6.58 Å². The van der Waals surface area contributed by atoms with Gasteiger partial charge >= 0.3 is 0 Å². The molecule has 8 heteroatoms. The number of benzene rings is 1. The first-order valence-electron chi connectivity index (χ1n) is 5.29. The Labute approximate surface area is 113 Å². The fourth-order valence-electron chi connectivity index (χ4n) is 1.53. The van der Waals surface area contributed by atoms with Crippen LogP contribution in [-0.4, -0.2) is 34.7 Å². The zero-order chi connectivity index (χ0) is 14.8. The van der Waals surface area contributed by atoms with Crippen LogP contribution in [0.2, 0.25) is 0 Å². The molecule has 6 nitrogen and oxygen atoms in total. The topological polar surface area (TPSA) is 97.5 Å². The third-order valence-corrected chi connectivity index (χ3v) is 5.30. The lowest BCUT2D eigenvalue weighted by molar-refractivity contribution is 0.490. The van der Waals surface area contributed by atoms with Gasteiger partial charge in [-0.3, -0.25) is 0 Å². The molecule has 0 atom stereocenters. The molecule has 2 N–H and O–H groups in total. The van der Waals surface area contributed by atoms with Crippen molar-refractivity contribution < 1.29 is 16.8 Å². The van der Waals surface area contributed by atoms with Crippen LogP contribution in [0.15, 0.2) is 46.2 Å². The van der Waals surface area contributed by atoms with Crippen LogP contribution in [0.4, 0.5) is 0 Å². The zero-order valence-corrected chi connectivity index (χ0v) is 12.3. The van der Waals surface area contributed by atoms with Gasteiger partial charge in [-0.25, -0.2) is 22.0 Å². The molecule has 19 heavy (non-hydrogen) atoms. The Morgan fingerprint density at radius 2 is 1.68 bits per heavy atom. The molecule has 0 saturated heterocycles. The minimum absolute atomic E-state index is 0.0985. The summed E-state index contributed by atoms with van der Waals surface area (Å²) in [4.78, 5) is -0.746. The summed E-state index contributed by atoms with van der Waals surface area (Å²) in [5.74, 6) is 0. The standard InChI is InChI=1S/C11H16N2O4S2/c1-9(2)8-13(3)19(16,17)11-7-5-4-6-10(11)18(12,14)15/h4-7H,1,8H2,2-3H3,(H2,12,14,15). The van der Waals surface area contributed by atoms with E-state index in [-0.39, 0.29) is 11.4 Å². The summed E-state index contributed by atoms with van der Waals surface area (Å²) in [7, 11) is -6.69. The van der Waals surface area contributed by atoms with E-state index in [9.17, 15) is 16.8 Å². The fourth-order valence-corrected chi connectivity index (χ4v) is 4.11. The molecule has 0 aliphatic carbocycles. The van der Waals surface area contributed by atoms with Crippen LogP contribution >= 0.6 is 0 Å². The smallest absolute Gasteiger partial charge is 0.225 e. The zero-order valence-electron chi connectivity index (χ0n) is 10.7. The van der Waals surface area contributed by atoms with E-state index < -0.39 is 24.9 Å². The molecule has 0 saturated carbocycles. The third-order valence-electron chi connectivity index (χ3n) is 2.34. The van der Waals surface area contributed by atoms with Gasteiger partial charge in [0.15, 0.2) is 0 Å². The monoisotopic (exact) mass is 304 g/mol. The summed E-state index contributed by atoms with van der Waals surface area (Å²) in [5.41, 5.74) is 0.638. The van der Waals surface area contributed by atoms with Crippen molar-refractivity contribution >= 4 is 20.0 Å². The number of hydrogen-bond acceptors (Lipinski definition) is 4. The lowest BCUT2D eigenvalue weighted by Gasteiger charge is -2.18. The van der Waals surface area contributed by atoms with Gasteiger partial charge in [0.25, 0.3) is 0 Å². The highest BCUT2D eigenvalue weighted by atomic mass is 32.2. The van der Waals surface area contributed by atoms with Gasteiger partial charge in [-0.05, 0) is 19.1 Å². The number of likely N-dealkylation sites (N-methyl/N-ethyl adjacent to an activating group) is 1. The molecular weight excluding hydrogens is 288 g/mol. The van der Waals surface area contributed by atoms with Gasteiger partial charge in [-0.2, -0.15) is 4.31 Å². The molecule has 0 radical (unpaired) electrons. The minimum atomic E-state index is -4.11. The summed E-state index contributed by atoms with van der Waals surface area (Å²) in [6.45, 7) is 5.40. The van der Waals surface area contributed by atoms with Crippen molar-refractivity contribution in [2.24, 2.45) is 5.14 Å². The molecule has 0 heterocycles. The number of sulfonamides is 2. The molecule has 0 bridgehead atoms. The number of rotatable bonds is 5. The second-order valence-corrected chi connectivity index (χ2v) is 7.75. The van der Waals surface area contributed by atoms with Crippen LogP contribution in [-0.2, 0) is 20.0 Å². The Morgan fingerprint density at radius 3 is 2.11 bits per heavy atom. The molecule has 0 unspecified atom stereocenters. The van der Waals surface area contributed by atoms with Gasteiger partial charge in [-0.1, -0.05) is 24.3 Å². The normalized spacial score (nSPS) is 12.6. The molecule has 0 amide bonds. The first-order chi connectivity index (χ1) is 8.56. The molecule has 1 aromatic carbocycles. The van der Waals surface area contributed by atoms with Crippen molar-refractivity contribution in [2.45, 2.75) is 16.7 Å². The molecule has 0 aromatic heterocycles. The average Bonchev–Trinajstić information content (AvgIpc) is 2.27. The summed E-state index contributed by atoms with van der Waals surface area (Å²) < 4.78 is 48.5. The molecule has 1 rings (SSSR count). The van der Waals surface area contributed by atoms with E-state index in [1.807, 2.05) is 0 Å². The van der Waals surface area contributed by atoms with E-state index in [0.29, 0.717) is 5.57 Å². The van der Waals surface area contributed by atoms with Gasteiger partial charge < -0.3 is 0 Å². The Morgan fingerprint density at radius 1 is 1.21 bits per heavy atom. The van der Waals surface area contributed by atoms with E-state index in [0.717, 1.165) is 10.4 Å². The second-order valence-electron chi connectivity index (χ2n) is 4.21. The largest absolute Gasteiger partial charge is 0.244 e. The van der Waals surface area contributed by atoms with E-state index >= 15 is 0 Å². The number of hydrogen-bond donors (Lipinski definition) is 1. The quantitative estimate of drug-likeness (QED) is 0.802. The lowest BCUT2D eigenvalue weighted by Crippen LogP contribution is -2.30. The molecule has 0 spiro atoms. The lowest BCUT2D eigenvalue weighted by atomic mass is 10.4. The molecule has 1 aromatic rings. The van der Waals surface area contributed by atoms with Crippen LogP contribution in [0.1, 0.15) is 6.92 Å². The molecule has 106 valence electrons. The van der Waals surface area contributed by atoms with E-state index in [4.69, 9.17) is 5.14 Å². The molecular formula is C11H16N2O4S2. The van der Waals surface area contributed by atoms with Crippen molar-refractivity contribution in [1.82, 2.24) is 4.31 Å². The highest BCUT2D eigenvalue weighted by Crippen LogP contribution is 2.22. The SMILES string of the molecule is C=C(C)CN(C)S(=O)(=O)c1ccccc1S(N)(=O)=O. The van der Waals surface area contributed by atoms with Crippen molar-refractivity contribution in [2.75, 3.05) is 13.6 Å². The number of primary sulfonamides is 1. The van der Waals surface area contributed by atoms with Gasteiger partial charge in [-0.15, -0.1) is 0 Å². The molecule has 0 fully saturated rings. The van der Waals surface area contributed by atoms with Gasteiger partial charge in [0.1, 0.15) is 9.79 Å². The van der Waals surface area contributed by atoms with Crippen LogP contribution < -0.4 is 5.14 Å². The Hall–Kier alpha value is -1.22. The molecule has 0 aliphatic rings. The maximum absolute atomic E-state index is 12.3. The Kier molecular flexibility index (Phi) is 4.51. The van der Waals surface area contributed by atoms with Crippen molar-refractivity contribution in [3.8, 4) is 0 Å². The van der Waals surface area contributed by atoms with E-state index in [1.165, 1.54) is 25.2 Å². The first kappa shape index (κ1) is 15.8. The minimum Gasteiger partial charge on any atom is -0.225 e. The van der Waals surface area contributed by atoms with Gasteiger partial charge in [0, 0.05) is 13.6 Å². The van der Waals surface area contributed by atoms with Crippen molar-refractivity contribution in [1.29, 1.82) is 0 Å². The van der Waals surface area contributed by atoms with Crippen LogP contribution in [0.25, 0.3) is 0 Å². The maximum Gasteiger partial charge on any atom is 0.244 e. The summed E-state index contributed by atoms with van der Waals surface area (Å²) in [5, 5.41) is 5.03. The van der Waals surface area contributed by atoms with Crippen molar-refractivity contribution in [3.63, 3.8) is 0 Å². The Bertz CT molecular complexity index is 693. The summed E-state index contributed by atoms with van der Waals surface area (Å²) in [6.07, 6.45) is 0. The fraction of sp³-hybridized carbons (Fsp3) is 0.273. The van der Waals surface area contributed by atoms with Crippen LogP contribution in [0.3, 0.4) is 0 Å². The predicted molar refractivity (Wildman–Crippen MR) is 72.4 cm³/mol. The van der Waals surface area contributed by atoms with Crippen molar-refractivity contribution in [3.05, 3.63) is 36.4 Å².